The average Bonchev–Trinajstić information content (AvgIpc) is 3.58. The first-order valence-electron chi connectivity index (χ1n) is 18.8. The van der Waals surface area contributed by atoms with Gasteiger partial charge in [-0.15, -0.1) is 0 Å². The zero-order chi connectivity index (χ0) is 35.9. The largest absolute Gasteiger partial charge is 0.310 e. The molecule has 0 aromatic heterocycles. The van der Waals surface area contributed by atoms with Crippen LogP contribution in [0.5, 0.6) is 0 Å². The van der Waals surface area contributed by atoms with Crippen LogP contribution in [-0.4, -0.2) is 0 Å². The van der Waals surface area contributed by atoms with Crippen molar-refractivity contribution in [2.45, 2.75) is 38.5 Å². The van der Waals surface area contributed by atoms with E-state index < -0.39 is 0 Å². The van der Waals surface area contributed by atoms with Crippen LogP contribution in [0, 0.1) is 0 Å². The maximum atomic E-state index is 2.46. The molecule has 0 saturated carbocycles. The third-order valence-electron chi connectivity index (χ3n) is 12.0. The van der Waals surface area contributed by atoms with Crippen molar-refractivity contribution in [3.8, 4) is 44.5 Å². The summed E-state index contributed by atoms with van der Waals surface area (Å²) in [5, 5.41) is 2.57. The zero-order valence-electron chi connectivity index (χ0n) is 30.7. The standard InChI is InChI=1S/C52H41N/c1-51(2)46-21-13-11-19-41(46)42-30-29-40(33-48(42)51)53(38-26-23-35(24-27-38)34-15-7-5-8-16-34)39-28-25-37-31-44(36-17-9-6-10-18-36)49-43-20-12-14-22-47(43)52(3,4)50(49)45(37)32-39/h5-33H,1-4H3. The fraction of sp³-hybridized carbons (Fsp3) is 0.115. The summed E-state index contributed by atoms with van der Waals surface area (Å²) in [5.41, 5.74) is 19.1. The third-order valence-corrected chi connectivity index (χ3v) is 12.0. The summed E-state index contributed by atoms with van der Waals surface area (Å²) in [6.07, 6.45) is 0. The monoisotopic (exact) mass is 679 g/mol. The molecule has 10 rings (SSSR count). The van der Waals surface area contributed by atoms with E-state index in [9.17, 15) is 0 Å². The lowest BCUT2D eigenvalue weighted by Gasteiger charge is -2.29. The molecule has 0 bridgehead atoms. The Morgan fingerprint density at radius 3 is 1.60 bits per heavy atom. The van der Waals surface area contributed by atoms with Crippen LogP contribution in [0.2, 0.25) is 0 Å². The molecule has 0 fully saturated rings. The summed E-state index contributed by atoms with van der Waals surface area (Å²) in [4.78, 5) is 2.46. The molecule has 2 aliphatic rings. The Balaban J connectivity index is 1.20. The number of nitrogens with zero attached hydrogens (tertiary/aromatic N) is 1. The molecule has 0 amide bonds. The van der Waals surface area contributed by atoms with Crippen LogP contribution in [0.3, 0.4) is 0 Å². The Labute approximate surface area is 312 Å². The molecule has 0 saturated heterocycles. The number of fused-ring (bicyclic) bond motifs is 8. The van der Waals surface area contributed by atoms with E-state index in [1.54, 1.807) is 0 Å². The van der Waals surface area contributed by atoms with Crippen LogP contribution < -0.4 is 4.90 Å². The Morgan fingerprint density at radius 1 is 0.358 bits per heavy atom. The van der Waals surface area contributed by atoms with Gasteiger partial charge in [-0.05, 0) is 120 Å². The van der Waals surface area contributed by atoms with Crippen LogP contribution in [0.25, 0.3) is 55.3 Å². The van der Waals surface area contributed by atoms with Gasteiger partial charge in [0.1, 0.15) is 0 Å². The minimum Gasteiger partial charge on any atom is -0.310 e. The van der Waals surface area contributed by atoms with Crippen molar-refractivity contribution in [2.24, 2.45) is 0 Å². The van der Waals surface area contributed by atoms with Crippen molar-refractivity contribution in [3.05, 3.63) is 198 Å². The van der Waals surface area contributed by atoms with Crippen molar-refractivity contribution in [3.63, 3.8) is 0 Å². The Hall–Kier alpha value is -6.18. The van der Waals surface area contributed by atoms with Crippen LogP contribution >= 0.6 is 0 Å². The lowest BCUT2D eigenvalue weighted by atomic mass is 9.79. The second-order valence-corrected chi connectivity index (χ2v) is 15.8. The third kappa shape index (κ3) is 4.77. The summed E-state index contributed by atoms with van der Waals surface area (Å²) in [6, 6.07) is 65.2. The van der Waals surface area contributed by atoms with Crippen molar-refractivity contribution in [1.82, 2.24) is 0 Å². The summed E-state index contributed by atoms with van der Waals surface area (Å²) in [6.45, 7) is 9.53. The molecule has 254 valence electrons. The molecule has 1 nitrogen and oxygen atoms in total. The summed E-state index contributed by atoms with van der Waals surface area (Å²) in [5.74, 6) is 0. The van der Waals surface area contributed by atoms with Crippen LogP contribution in [-0.2, 0) is 10.8 Å². The van der Waals surface area contributed by atoms with Gasteiger partial charge in [-0.2, -0.15) is 0 Å². The second kappa shape index (κ2) is 11.7. The van der Waals surface area contributed by atoms with Crippen LogP contribution in [0.15, 0.2) is 176 Å². The highest BCUT2D eigenvalue weighted by molar-refractivity contribution is 6.06. The van der Waals surface area contributed by atoms with Crippen molar-refractivity contribution in [1.29, 1.82) is 0 Å². The molecule has 0 N–H and O–H groups in total. The molecule has 0 atom stereocenters. The first-order valence-corrected chi connectivity index (χ1v) is 18.8. The number of benzene rings is 8. The van der Waals surface area contributed by atoms with E-state index in [0.717, 1.165) is 17.1 Å². The zero-order valence-corrected chi connectivity index (χ0v) is 30.7. The van der Waals surface area contributed by atoms with E-state index in [1.807, 2.05) is 0 Å². The first-order chi connectivity index (χ1) is 25.8. The van der Waals surface area contributed by atoms with Crippen LogP contribution in [0.4, 0.5) is 17.1 Å². The van der Waals surface area contributed by atoms with Crippen molar-refractivity contribution in [2.75, 3.05) is 4.90 Å². The number of hydrogen-bond donors (Lipinski definition) is 0. The van der Waals surface area contributed by atoms with E-state index in [2.05, 4.69) is 209 Å². The van der Waals surface area contributed by atoms with Gasteiger partial charge in [0.25, 0.3) is 0 Å². The van der Waals surface area contributed by atoms with E-state index in [-0.39, 0.29) is 10.8 Å². The van der Waals surface area contributed by atoms with E-state index >= 15 is 0 Å². The smallest absolute Gasteiger partial charge is 0.0468 e. The number of anilines is 3. The minimum atomic E-state index is -0.168. The molecule has 0 heterocycles. The van der Waals surface area contributed by atoms with Gasteiger partial charge in [-0.1, -0.05) is 161 Å². The molecule has 53 heavy (non-hydrogen) atoms. The molecule has 2 aliphatic carbocycles. The van der Waals surface area contributed by atoms with Gasteiger partial charge < -0.3 is 4.90 Å². The highest BCUT2D eigenvalue weighted by Gasteiger charge is 2.39. The van der Waals surface area contributed by atoms with Crippen LogP contribution in [0.1, 0.15) is 49.9 Å². The van der Waals surface area contributed by atoms with Gasteiger partial charge in [0, 0.05) is 27.9 Å². The van der Waals surface area contributed by atoms with E-state index in [0.29, 0.717) is 0 Å². The molecule has 0 spiro atoms. The first kappa shape index (κ1) is 31.5. The molecule has 0 radical (unpaired) electrons. The van der Waals surface area contributed by atoms with Crippen molar-refractivity contribution >= 4 is 27.8 Å². The number of hydrogen-bond acceptors (Lipinski definition) is 1. The maximum absolute atomic E-state index is 2.46. The lowest BCUT2D eigenvalue weighted by molar-refractivity contribution is 0.660. The average molecular weight is 680 g/mol. The summed E-state index contributed by atoms with van der Waals surface area (Å²) >= 11 is 0. The second-order valence-electron chi connectivity index (χ2n) is 15.8. The van der Waals surface area contributed by atoms with Gasteiger partial charge in [-0.25, -0.2) is 0 Å². The van der Waals surface area contributed by atoms with Crippen molar-refractivity contribution < 1.29 is 0 Å². The summed E-state index contributed by atoms with van der Waals surface area (Å²) in [7, 11) is 0. The maximum Gasteiger partial charge on any atom is 0.0468 e. The van der Waals surface area contributed by atoms with E-state index in [1.165, 1.54) is 77.5 Å². The topological polar surface area (TPSA) is 3.24 Å². The highest BCUT2D eigenvalue weighted by Crippen LogP contribution is 2.56. The highest BCUT2D eigenvalue weighted by atomic mass is 15.1. The van der Waals surface area contributed by atoms with E-state index in [4.69, 9.17) is 0 Å². The number of rotatable bonds is 5. The summed E-state index contributed by atoms with van der Waals surface area (Å²) < 4.78 is 0. The van der Waals surface area contributed by atoms with Gasteiger partial charge in [0.2, 0.25) is 0 Å². The molecular formula is C52H41N. The Bertz CT molecular complexity index is 2700. The predicted octanol–water partition coefficient (Wildman–Crippen LogP) is 14.3. The van der Waals surface area contributed by atoms with Gasteiger partial charge in [-0.3, -0.25) is 0 Å². The van der Waals surface area contributed by atoms with Gasteiger partial charge in [0.15, 0.2) is 0 Å². The molecule has 1 heteroatoms. The molecular weight excluding hydrogens is 639 g/mol. The molecule has 8 aromatic rings. The van der Waals surface area contributed by atoms with Gasteiger partial charge >= 0.3 is 0 Å². The molecule has 0 aliphatic heterocycles. The lowest BCUT2D eigenvalue weighted by Crippen LogP contribution is -2.17. The fourth-order valence-corrected chi connectivity index (χ4v) is 9.39. The Morgan fingerprint density at radius 2 is 0.887 bits per heavy atom. The Kier molecular flexibility index (Phi) is 6.94. The fourth-order valence-electron chi connectivity index (χ4n) is 9.39. The minimum absolute atomic E-state index is 0.0986. The SMILES string of the molecule is CC1(C)c2ccccc2-c2ccc(N(c3ccc(-c4ccccc4)cc3)c3ccc4cc(-c5ccccc5)c5c(c4c3)C(C)(C)c3ccccc3-5)cc21. The quantitative estimate of drug-likeness (QED) is 0.175. The van der Waals surface area contributed by atoms with Gasteiger partial charge in [0.05, 0.1) is 0 Å². The normalized spacial score (nSPS) is 14.3. The molecule has 8 aromatic carbocycles. The predicted molar refractivity (Wildman–Crippen MR) is 225 cm³/mol. The molecule has 0 unspecified atom stereocenters.